The third-order valence-electron chi connectivity index (χ3n) is 3.93. The first-order valence-electron chi connectivity index (χ1n) is 7.68. The van der Waals surface area contributed by atoms with Gasteiger partial charge >= 0.3 is 7.12 Å². The molecule has 3 aromatic rings. The lowest BCUT2D eigenvalue weighted by molar-refractivity contribution is 0.101. The highest BCUT2D eigenvalue weighted by molar-refractivity contribution is 6.61. The molecular weight excluding hydrogens is 321 g/mol. The molecule has 0 atom stereocenters. The van der Waals surface area contributed by atoms with Crippen LogP contribution in [0.3, 0.4) is 0 Å². The third-order valence-corrected chi connectivity index (χ3v) is 3.93. The average Bonchev–Trinajstić information content (AvgIpc) is 3.19. The molecule has 1 aromatic carbocycles. The van der Waals surface area contributed by atoms with E-state index in [0.29, 0.717) is 29.3 Å². The van der Waals surface area contributed by atoms with Gasteiger partial charge in [-0.2, -0.15) is 0 Å². The van der Waals surface area contributed by atoms with Gasteiger partial charge in [0.25, 0.3) is 5.91 Å². The fourth-order valence-electron chi connectivity index (χ4n) is 2.68. The zero-order valence-electron chi connectivity index (χ0n) is 13.4. The van der Waals surface area contributed by atoms with E-state index in [4.69, 9.17) is 4.65 Å². The molecule has 0 spiro atoms. The van der Waals surface area contributed by atoms with E-state index in [9.17, 15) is 9.82 Å². The zero-order chi connectivity index (χ0) is 17.4. The summed E-state index contributed by atoms with van der Waals surface area (Å²) in [6.07, 6.45) is 1.65. The van der Waals surface area contributed by atoms with Crippen molar-refractivity contribution >= 4 is 24.2 Å². The number of rotatable bonds is 3. The summed E-state index contributed by atoms with van der Waals surface area (Å²) in [5, 5.41) is 16.6. The van der Waals surface area contributed by atoms with Gasteiger partial charge in [-0.15, -0.1) is 5.10 Å². The summed E-state index contributed by atoms with van der Waals surface area (Å²) in [5.74, 6) is 0.107. The molecule has 0 aliphatic carbocycles. The second kappa shape index (κ2) is 6.12. The summed E-state index contributed by atoms with van der Waals surface area (Å²) in [7, 11) is 0.743. The molecule has 8 nitrogen and oxygen atoms in total. The number of nitrogens with zero attached hydrogens (tertiary/aromatic N) is 4. The van der Waals surface area contributed by atoms with Gasteiger partial charge in [-0.05, 0) is 35.3 Å². The second-order valence-corrected chi connectivity index (χ2v) is 5.63. The highest BCUT2D eigenvalue weighted by Crippen LogP contribution is 2.16. The van der Waals surface area contributed by atoms with Crippen molar-refractivity contribution < 1.29 is 14.5 Å². The molecule has 124 valence electrons. The molecular formula is C16H14BN5O3. The molecule has 0 fully saturated rings. The Morgan fingerprint density at radius 1 is 1.36 bits per heavy atom. The van der Waals surface area contributed by atoms with E-state index in [1.54, 1.807) is 37.5 Å². The van der Waals surface area contributed by atoms with Gasteiger partial charge < -0.3 is 15.0 Å². The molecule has 25 heavy (non-hydrogen) atoms. The molecule has 2 aromatic heterocycles. The fraction of sp³-hybridized carbons (Fsp3) is 0.125. The van der Waals surface area contributed by atoms with Crippen molar-refractivity contribution in [2.24, 2.45) is 7.05 Å². The number of benzene rings is 1. The molecule has 1 amide bonds. The Morgan fingerprint density at radius 2 is 2.24 bits per heavy atom. The van der Waals surface area contributed by atoms with Crippen molar-refractivity contribution in [3.8, 4) is 11.5 Å². The van der Waals surface area contributed by atoms with Crippen LogP contribution in [0.1, 0.15) is 16.2 Å². The lowest BCUT2D eigenvalue weighted by atomic mass is 9.79. The number of nitrogens with one attached hydrogen (secondary N) is 1. The van der Waals surface area contributed by atoms with Crippen LogP contribution in [0.4, 0.5) is 5.69 Å². The van der Waals surface area contributed by atoms with Crippen molar-refractivity contribution in [1.29, 1.82) is 0 Å². The minimum atomic E-state index is -0.962. The molecule has 4 rings (SSSR count). The van der Waals surface area contributed by atoms with Crippen LogP contribution < -0.4 is 10.8 Å². The van der Waals surface area contributed by atoms with E-state index in [2.05, 4.69) is 20.4 Å². The van der Waals surface area contributed by atoms with Crippen molar-refractivity contribution in [1.82, 2.24) is 19.7 Å². The van der Waals surface area contributed by atoms with Crippen molar-refractivity contribution in [3.63, 3.8) is 0 Å². The molecule has 2 N–H and O–H groups in total. The summed E-state index contributed by atoms with van der Waals surface area (Å²) in [4.78, 5) is 20.9. The quantitative estimate of drug-likeness (QED) is 0.670. The number of anilines is 1. The van der Waals surface area contributed by atoms with Gasteiger partial charge in [0.2, 0.25) is 5.82 Å². The summed E-state index contributed by atoms with van der Waals surface area (Å²) >= 11 is 0. The molecule has 3 heterocycles. The van der Waals surface area contributed by atoms with Crippen molar-refractivity contribution in [2.45, 2.75) is 6.61 Å². The Hall–Kier alpha value is -3.04. The predicted octanol–water partition coefficient (Wildman–Crippen LogP) is 0.347. The molecule has 0 saturated carbocycles. The molecule has 1 aliphatic heterocycles. The maximum atomic E-state index is 12.4. The Morgan fingerprint density at radius 3 is 3.04 bits per heavy atom. The van der Waals surface area contributed by atoms with Gasteiger partial charge in [0.1, 0.15) is 5.69 Å². The fourth-order valence-corrected chi connectivity index (χ4v) is 2.68. The smallest absolute Gasteiger partial charge is 0.423 e. The van der Waals surface area contributed by atoms with E-state index < -0.39 is 13.0 Å². The number of aryl methyl sites for hydroxylation is 1. The Labute approximate surface area is 143 Å². The lowest BCUT2D eigenvalue weighted by Gasteiger charge is -2.05. The Balaban J connectivity index is 1.57. The lowest BCUT2D eigenvalue weighted by Crippen LogP contribution is -2.28. The van der Waals surface area contributed by atoms with Crippen LogP contribution in [0.5, 0.6) is 0 Å². The van der Waals surface area contributed by atoms with Crippen LogP contribution in [0, 0.1) is 0 Å². The van der Waals surface area contributed by atoms with Gasteiger partial charge in [0.05, 0.1) is 6.61 Å². The van der Waals surface area contributed by atoms with Crippen molar-refractivity contribution in [3.05, 3.63) is 54.0 Å². The number of aromatic nitrogens is 4. The number of hydrogen-bond acceptors (Lipinski definition) is 6. The maximum absolute atomic E-state index is 12.4. The predicted molar refractivity (Wildman–Crippen MR) is 91.0 cm³/mol. The molecule has 1 aliphatic rings. The number of pyridine rings is 1. The normalized spacial score (nSPS) is 13.0. The Bertz CT molecular complexity index is 944. The van der Waals surface area contributed by atoms with E-state index in [0.717, 1.165) is 5.56 Å². The van der Waals surface area contributed by atoms with Crippen LogP contribution in [-0.4, -0.2) is 37.8 Å². The largest absolute Gasteiger partial charge is 0.491 e. The minimum Gasteiger partial charge on any atom is -0.423 e. The topological polar surface area (TPSA) is 102 Å². The number of carbonyl (C=O) groups is 1. The van der Waals surface area contributed by atoms with Gasteiger partial charge in [-0.1, -0.05) is 12.1 Å². The highest BCUT2D eigenvalue weighted by Gasteiger charge is 2.27. The summed E-state index contributed by atoms with van der Waals surface area (Å²) in [6, 6.07) is 10.7. The first kappa shape index (κ1) is 15.5. The van der Waals surface area contributed by atoms with Crippen molar-refractivity contribution in [2.75, 3.05) is 5.32 Å². The molecule has 9 heteroatoms. The van der Waals surface area contributed by atoms with Gasteiger partial charge in [0.15, 0.2) is 5.82 Å². The van der Waals surface area contributed by atoms with E-state index in [1.165, 1.54) is 4.68 Å². The minimum absolute atomic E-state index is 0.0421. The van der Waals surface area contributed by atoms with Gasteiger partial charge in [-0.3, -0.25) is 9.78 Å². The van der Waals surface area contributed by atoms with E-state index in [-0.39, 0.29) is 5.82 Å². The zero-order valence-corrected chi connectivity index (χ0v) is 13.4. The van der Waals surface area contributed by atoms with Crippen LogP contribution in [0.15, 0.2) is 42.6 Å². The number of hydrogen-bond donors (Lipinski definition) is 2. The monoisotopic (exact) mass is 335 g/mol. The van der Waals surface area contributed by atoms with E-state index in [1.807, 2.05) is 12.1 Å². The SMILES string of the molecule is Cn1nc(C(=O)Nc2ccc3c(c2)B(O)OC3)nc1-c1ccccn1. The van der Waals surface area contributed by atoms with E-state index >= 15 is 0 Å². The van der Waals surface area contributed by atoms with Crippen LogP contribution in [0.2, 0.25) is 0 Å². The molecule has 0 saturated heterocycles. The van der Waals surface area contributed by atoms with Crippen LogP contribution in [-0.2, 0) is 18.3 Å². The first-order valence-corrected chi connectivity index (χ1v) is 7.68. The summed E-state index contributed by atoms with van der Waals surface area (Å²) in [5.41, 5.74) is 2.73. The summed E-state index contributed by atoms with van der Waals surface area (Å²) in [6.45, 7) is 0.361. The molecule has 0 unspecified atom stereocenters. The number of fused-ring (bicyclic) bond motifs is 1. The standard InChI is InChI=1S/C16H14BN5O3/c1-22-15(13-4-2-3-7-18-13)20-14(21-22)16(23)19-11-6-5-10-9-25-17(24)12(10)8-11/h2-8,24H,9H2,1H3,(H,19,23). The molecule has 0 bridgehead atoms. The van der Waals surface area contributed by atoms with Crippen LogP contribution in [0.25, 0.3) is 11.5 Å². The second-order valence-electron chi connectivity index (χ2n) is 5.63. The number of carbonyl (C=O) groups excluding carboxylic acids is 1. The summed E-state index contributed by atoms with van der Waals surface area (Å²) < 4.78 is 6.66. The van der Waals surface area contributed by atoms with Crippen LogP contribution >= 0.6 is 0 Å². The first-order chi connectivity index (χ1) is 12.1. The highest BCUT2D eigenvalue weighted by atomic mass is 16.5. The third kappa shape index (κ3) is 2.90. The van der Waals surface area contributed by atoms with Gasteiger partial charge in [0, 0.05) is 18.9 Å². The van der Waals surface area contributed by atoms with Gasteiger partial charge in [-0.25, -0.2) is 9.67 Å². The maximum Gasteiger partial charge on any atom is 0.491 e. The average molecular weight is 335 g/mol. The Kier molecular flexibility index (Phi) is 3.79. The number of amides is 1. The molecule has 0 radical (unpaired) electrons.